The summed E-state index contributed by atoms with van der Waals surface area (Å²) in [4.78, 5) is 17.9. The van der Waals surface area contributed by atoms with Crippen molar-refractivity contribution in [1.29, 1.82) is 0 Å². The zero-order valence-corrected chi connectivity index (χ0v) is 14.6. The zero-order chi connectivity index (χ0) is 16.7. The molecule has 5 nitrogen and oxygen atoms in total. The summed E-state index contributed by atoms with van der Waals surface area (Å²) in [6.07, 6.45) is 10.8. The molecule has 2 aliphatic rings. The Kier molecular flexibility index (Phi) is 4.02. The van der Waals surface area contributed by atoms with E-state index in [4.69, 9.17) is 4.98 Å². The average molecular weight is 326 g/mol. The van der Waals surface area contributed by atoms with E-state index in [1.165, 1.54) is 19.3 Å². The summed E-state index contributed by atoms with van der Waals surface area (Å²) in [6.45, 7) is 4.20. The van der Waals surface area contributed by atoms with Crippen molar-refractivity contribution in [2.45, 2.75) is 77.3 Å². The van der Waals surface area contributed by atoms with Crippen LogP contribution in [0.25, 0.3) is 11.0 Å². The zero-order valence-electron chi connectivity index (χ0n) is 14.6. The molecule has 1 saturated carbocycles. The molecule has 1 amide bonds. The monoisotopic (exact) mass is 326 g/mol. The molecule has 128 valence electrons. The van der Waals surface area contributed by atoms with Crippen molar-refractivity contribution in [1.82, 2.24) is 20.1 Å². The van der Waals surface area contributed by atoms with Crippen molar-refractivity contribution in [3.63, 3.8) is 0 Å². The number of hydrogen-bond acceptors (Lipinski definition) is 3. The lowest BCUT2D eigenvalue weighted by molar-refractivity contribution is 0.0928. The normalized spacial score (nSPS) is 18.3. The number of aromatic nitrogens is 3. The van der Waals surface area contributed by atoms with Gasteiger partial charge in [-0.25, -0.2) is 9.67 Å². The Morgan fingerprint density at radius 1 is 1.21 bits per heavy atom. The van der Waals surface area contributed by atoms with Gasteiger partial charge in [-0.15, -0.1) is 0 Å². The van der Waals surface area contributed by atoms with Crippen molar-refractivity contribution < 1.29 is 4.79 Å². The van der Waals surface area contributed by atoms with E-state index in [2.05, 4.69) is 24.3 Å². The van der Waals surface area contributed by atoms with Crippen LogP contribution in [0, 0.1) is 0 Å². The summed E-state index contributed by atoms with van der Waals surface area (Å²) in [6, 6.07) is 0.565. The molecule has 0 aliphatic heterocycles. The summed E-state index contributed by atoms with van der Waals surface area (Å²) < 4.78 is 1.94. The Labute approximate surface area is 142 Å². The third kappa shape index (κ3) is 2.60. The first-order chi connectivity index (χ1) is 11.6. The molecule has 1 fully saturated rings. The lowest BCUT2D eigenvalue weighted by atomic mass is 9.94. The Morgan fingerprint density at radius 2 is 2.00 bits per heavy atom. The van der Waals surface area contributed by atoms with Crippen LogP contribution < -0.4 is 5.32 Å². The van der Waals surface area contributed by atoms with Gasteiger partial charge in [-0.2, -0.15) is 5.10 Å². The van der Waals surface area contributed by atoms with Crippen LogP contribution in [0.3, 0.4) is 0 Å². The number of pyridine rings is 1. The summed E-state index contributed by atoms with van der Waals surface area (Å²) in [5, 5.41) is 8.71. The maximum Gasteiger partial charge on any atom is 0.252 e. The number of carbonyl (C=O) groups is 1. The number of aryl methyl sites for hydroxylation is 1. The maximum absolute atomic E-state index is 13.1. The molecule has 5 heteroatoms. The lowest BCUT2D eigenvalue weighted by Crippen LogP contribution is -2.36. The molecular weight excluding hydrogens is 300 g/mol. The Morgan fingerprint density at radius 3 is 2.75 bits per heavy atom. The van der Waals surface area contributed by atoms with Gasteiger partial charge in [0.05, 0.1) is 17.1 Å². The molecule has 0 spiro atoms. The number of hydrogen-bond donors (Lipinski definition) is 1. The van der Waals surface area contributed by atoms with E-state index in [0.717, 1.165) is 60.0 Å². The number of amides is 1. The maximum atomic E-state index is 13.1. The van der Waals surface area contributed by atoms with Gasteiger partial charge in [0, 0.05) is 17.8 Å². The second-order valence-electron chi connectivity index (χ2n) is 7.49. The minimum absolute atomic E-state index is 0.0794. The van der Waals surface area contributed by atoms with Crippen LogP contribution in [0.5, 0.6) is 0 Å². The van der Waals surface area contributed by atoms with Crippen LogP contribution in [-0.2, 0) is 12.8 Å². The van der Waals surface area contributed by atoms with E-state index in [9.17, 15) is 4.79 Å². The Balaban J connectivity index is 1.77. The SMILES string of the molecule is CC(C)n1ncc2c(C(=O)NC3CCCCC3)c3c(nc21)CCC3. The van der Waals surface area contributed by atoms with Gasteiger partial charge in [0.2, 0.25) is 0 Å². The van der Waals surface area contributed by atoms with E-state index in [1.807, 2.05) is 10.9 Å². The quantitative estimate of drug-likeness (QED) is 0.938. The molecule has 2 aliphatic carbocycles. The first kappa shape index (κ1) is 15.6. The number of rotatable bonds is 3. The van der Waals surface area contributed by atoms with Gasteiger partial charge in [-0.3, -0.25) is 4.79 Å². The fourth-order valence-corrected chi connectivity index (χ4v) is 4.20. The summed E-state index contributed by atoms with van der Waals surface area (Å²) >= 11 is 0. The topological polar surface area (TPSA) is 59.8 Å². The Hall–Kier alpha value is -1.91. The molecule has 2 aromatic heterocycles. The van der Waals surface area contributed by atoms with Gasteiger partial charge >= 0.3 is 0 Å². The van der Waals surface area contributed by atoms with E-state index in [0.29, 0.717) is 6.04 Å². The van der Waals surface area contributed by atoms with E-state index < -0.39 is 0 Å². The molecule has 2 heterocycles. The first-order valence-electron chi connectivity index (χ1n) is 9.35. The fraction of sp³-hybridized carbons (Fsp3) is 0.632. The van der Waals surface area contributed by atoms with Crippen molar-refractivity contribution in [3.05, 3.63) is 23.0 Å². The molecule has 0 radical (unpaired) electrons. The highest BCUT2D eigenvalue weighted by molar-refractivity contribution is 6.07. The predicted octanol–water partition coefficient (Wildman–Crippen LogP) is 3.56. The van der Waals surface area contributed by atoms with Crippen LogP contribution in [0.15, 0.2) is 6.20 Å². The first-order valence-corrected chi connectivity index (χ1v) is 9.35. The number of carbonyl (C=O) groups excluding carboxylic acids is 1. The van der Waals surface area contributed by atoms with Gasteiger partial charge in [0.15, 0.2) is 5.65 Å². The molecule has 0 aromatic carbocycles. The smallest absolute Gasteiger partial charge is 0.252 e. The van der Waals surface area contributed by atoms with Crippen LogP contribution in [-0.4, -0.2) is 26.7 Å². The molecule has 1 N–H and O–H groups in total. The third-order valence-corrected chi connectivity index (χ3v) is 5.43. The van der Waals surface area contributed by atoms with Crippen LogP contribution in [0.4, 0.5) is 0 Å². The molecule has 0 bridgehead atoms. The largest absolute Gasteiger partial charge is 0.349 e. The minimum atomic E-state index is 0.0794. The summed E-state index contributed by atoms with van der Waals surface area (Å²) in [7, 11) is 0. The molecule has 0 atom stereocenters. The van der Waals surface area contributed by atoms with Crippen LogP contribution >= 0.6 is 0 Å². The third-order valence-electron chi connectivity index (χ3n) is 5.43. The van der Waals surface area contributed by atoms with Crippen LogP contribution in [0.1, 0.15) is 80.0 Å². The summed E-state index contributed by atoms with van der Waals surface area (Å²) in [5.74, 6) is 0.0794. The molecule has 24 heavy (non-hydrogen) atoms. The van der Waals surface area contributed by atoms with Gasteiger partial charge < -0.3 is 5.32 Å². The van der Waals surface area contributed by atoms with Crippen molar-refractivity contribution in [3.8, 4) is 0 Å². The van der Waals surface area contributed by atoms with E-state index in [1.54, 1.807) is 0 Å². The fourth-order valence-electron chi connectivity index (χ4n) is 4.20. The average Bonchev–Trinajstić information content (AvgIpc) is 3.19. The van der Waals surface area contributed by atoms with Gasteiger partial charge in [0.1, 0.15) is 0 Å². The van der Waals surface area contributed by atoms with Crippen molar-refractivity contribution in [2.75, 3.05) is 0 Å². The molecule has 4 rings (SSSR count). The predicted molar refractivity (Wildman–Crippen MR) is 94.3 cm³/mol. The standard InChI is InChI=1S/C19H26N4O/c1-12(2)23-18-15(11-20-23)17(14-9-6-10-16(14)22-18)19(24)21-13-7-4-3-5-8-13/h11-13H,3-10H2,1-2H3,(H,21,24). The van der Waals surface area contributed by atoms with Gasteiger partial charge in [-0.05, 0) is 51.5 Å². The second kappa shape index (κ2) is 6.19. The van der Waals surface area contributed by atoms with E-state index in [-0.39, 0.29) is 11.9 Å². The van der Waals surface area contributed by atoms with Crippen molar-refractivity contribution >= 4 is 16.9 Å². The highest BCUT2D eigenvalue weighted by Gasteiger charge is 2.27. The highest BCUT2D eigenvalue weighted by atomic mass is 16.1. The van der Waals surface area contributed by atoms with Crippen molar-refractivity contribution in [2.24, 2.45) is 0 Å². The second-order valence-corrected chi connectivity index (χ2v) is 7.49. The molecular formula is C19H26N4O. The number of nitrogens with one attached hydrogen (secondary N) is 1. The molecule has 0 saturated heterocycles. The van der Waals surface area contributed by atoms with Gasteiger partial charge in [-0.1, -0.05) is 19.3 Å². The van der Waals surface area contributed by atoms with Gasteiger partial charge in [0.25, 0.3) is 5.91 Å². The van der Waals surface area contributed by atoms with E-state index >= 15 is 0 Å². The lowest BCUT2D eigenvalue weighted by Gasteiger charge is -2.23. The number of nitrogens with zero attached hydrogens (tertiary/aromatic N) is 3. The Bertz CT molecular complexity index is 771. The number of fused-ring (bicyclic) bond motifs is 2. The molecule has 2 aromatic rings. The summed E-state index contributed by atoms with van der Waals surface area (Å²) in [5.41, 5.74) is 3.95. The minimum Gasteiger partial charge on any atom is -0.349 e. The van der Waals surface area contributed by atoms with Crippen LogP contribution in [0.2, 0.25) is 0 Å². The molecule has 0 unspecified atom stereocenters. The highest BCUT2D eigenvalue weighted by Crippen LogP contribution is 2.31.